The van der Waals surface area contributed by atoms with Crippen LogP contribution in [-0.4, -0.2) is 27.3 Å². The molecule has 0 bridgehead atoms. The Morgan fingerprint density at radius 1 is 0.793 bits per heavy atom. The Morgan fingerprint density at radius 2 is 1.34 bits per heavy atom. The van der Waals surface area contributed by atoms with Crippen LogP contribution in [0.4, 0.5) is 0 Å². The number of hydrogen-bond acceptors (Lipinski definition) is 4. The maximum Gasteiger partial charge on any atom is 0.335 e. The highest BCUT2D eigenvalue weighted by molar-refractivity contribution is 5.89. The van der Waals surface area contributed by atoms with Gasteiger partial charge < -0.3 is 20.1 Å². The highest BCUT2D eigenvalue weighted by atomic mass is 16.5. The monoisotopic (exact) mass is 394 g/mol. The van der Waals surface area contributed by atoms with E-state index in [9.17, 15) is 9.59 Å². The molecule has 0 unspecified atom stereocenters. The third-order valence-corrected chi connectivity index (χ3v) is 4.12. The van der Waals surface area contributed by atoms with Gasteiger partial charge in [0.05, 0.1) is 11.1 Å². The minimum atomic E-state index is -0.970. The molecule has 29 heavy (non-hydrogen) atoms. The zero-order valence-corrected chi connectivity index (χ0v) is 16.1. The molecular weight excluding hydrogens is 372 g/mol. The summed E-state index contributed by atoms with van der Waals surface area (Å²) in [5, 5.41) is 26.4. The molecule has 0 saturated heterocycles. The van der Waals surface area contributed by atoms with Crippen molar-refractivity contribution in [2.24, 2.45) is 0 Å². The van der Waals surface area contributed by atoms with E-state index in [1.165, 1.54) is 18.2 Å². The van der Waals surface area contributed by atoms with Gasteiger partial charge in [0, 0.05) is 0 Å². The number of aryl methyl sites for hydroxylation is 2. The average molecular weight is 394 g/mol. The second-order valence-corrected chi connectivity index (χ2v) is 6.36. The quantitative estimate of drug-likeness (QED) is 0.581. The van der Waals surface area contributed by atoms with Crippen LogP contribution in [0.2, 0.25) is 0 Å². The minimum absolute atomic E-state index is 0.0903. The number of phenolic OH excluding ortho intramolecular Hbond substituents is 1. The molecule has 0 aliphatic rings. The fourth-order valence-corrected chi connectivity index (χ4v) is 2.59. The number of carboxylic acids is 2. The smallest absolute Gasteiger partial charge is 0.335 e. The summed E-state index contributed by atoms with van der Waals surface area (Å²) in [6.45, 7) is 3.88. The van der Waals surface area contributed by atoms with Crippen LogP contribution in [0.1, 0.15) is 37.4 Å². The molecule has 0 saturated carbocycles. The summed E-state index contributed by atoms with van der Waals surface area (Å²) in [4.78, 5) is 21.3. The third kappa shape index (κ3) is 6.39. The largest absolute Gasteiger partial charge is 0.508 e. The zero-order chi connectivity index (χ0) is 21.4. The van der Waals surface area contributed by atoms with Gasteiger partial charge in [-0.3, -0.25) is 0 Å². The van der Waals surface area contributed by atoms with Crippen molar-refractivity contribution in [1.29, 1.82) is 0 Å². The molecule has 0 aliphatic carbocycles. The molecule has 3 N–H and O–H groups in total. The van der Waals surface area contributed by atoms with Crippen molar-refractivity contribution in [3.8, 4) is 11.5 Å². The second-order valence-electron chi connectivity index (χ2n) is 6.36. The van der Waals surface area contributed by atoms with E-state index in [1.54, 1.807) is 32.0 Å². The second kappa shape index (κ2) is 9.94. The molecule has 0 atom stereocenters. The highest BCUT2D eigenvalue weighted by Crippen LogP contribution is 2.18. The van der Waals surface area contributed by atoms with Crippen LogP contribution < -0.4 is 4.74 Å². The van der Waals surface area contributed by atoms with Gasteiger partial charge in [-0.2, -0.15) is 0 Å². The van der Waals surface area contributed by atoms with Crippen LogP contribution in [0.15, 0.2) is 66.7 Å². The molecule has 0 radical (unpaired) electrons. The summed E-state index contributed by atoms with van der Waals surface area (Å²) >= 11 is 0. The standard InChI is InChI=1S/C15H14O3.C8H8O3/c1-11-9-13(7-8-14(11)15(16)17)18-10-12-5-3-2-4-6-12;1-5-4-6(9)2-3-7(5)8(10)11/h2-9H,10H2,1H3,(H,16,17);2-4,9H,1H3,(H,10,11). The normalized spacial score (nSPS) is 9.86. The third-order valence-electron chi connectivity index (χ3n) is 4.12. The molecule has 6 nitrogen and oxygen atoms in total. The molecule has 3 aromatic rings. The summed E-state index contributed by atoms with van der Waals surface area (Å²) in [7, 11) is 0. The number of ether oxygens (including phenoxy) is 1. The summed E-state index contributed by atoms with van der Waals surface area (Å²) in [6, 6.07) is 19.0. The van der Waals surface area contributed by atoms with Crippen molar-refractivity contribution in [2.45, 2.75) is 20.5 Å². The summed E-state index contributed by atoms with van der Waals surface area (Å²) in [5.41, 5.74) is 2.88. The lowest BCUT2D eigenvalue weighted by Crippen LogP contribution is -2.01. The number of rotatable bonds is 5. The van der Waals surface area contributed by atoms with Crippen LogP contribution in [-0.2, 0) is 6.61 Å². The fraction of sp³-hybridized carbons (Fsp3) is 0.130. The Balaban J connectivity index is 0.000000234. The molecule has 0 amide bonds. The maximum absolute atomic E-state index is 10.9. The summed E-state index contributed by atoms with van der Waals surface area (Å²) in [5.74, 6) is -1.11. The summed E-state index contributed by atoms with van der Waals surface area (Å²) in [6.07, 6.45) is 0. The summed E-state index contributed by atoms with van der Waals surface area (Å²) < 4.78 is 5.61. The Bertz CT molecular complexity index is 996. The number of benzene rings is 3. The van der Waals surface area contributed by atoms with Gasteiger partial charge in [-0.15, -0.1) is 0 Å². The lowest BCUT2D eigenvalue weighted by atomic mass is 10.1. The molecule has 3 aromatic carbocycles. The molecule has 0 fully saturated rings. The van der Waals surface area contributed by atoms with Crippen molar-refractivity contribution < 1.29 is 29.6 Å². The van der Waals surface area contributed by atoms with Crippen molar-refractivity contribution in [3.05, 3.63) is 94.5 Å². The van der Waals surface area contributed by atoms with Gasteiger partial charge >= 0.3 is 11.9 Å². The molecular formula is C23H22O6. The van der Waals surface area contributed by atoms with Crippen LogP contribution >= 0.6 is 0 Å². The fourth-order valence-electron chi connectivity index (χ4n) is 2.59. The van der Waals surface area contributed by atoms with Crippen LogP contribution in [0.5, 0.6) is 11.5 Å². The van der Waals surface area contributed by atoms with Gasteiger partial charge in [0.1, 0.15) is 18.1 Å². The van der Waals surface area contributed by atoms with Crippen LogP contribution in [0.25, 0.3) is 0 Å². The van der Waals surface area contributed by atoms with E-state index < -0.39 is 11.9 Å². The number of phenols is 1. The van der Waals surface area contributed by atoms with Gasteiger partial charge in [0.25, 0.3) is 0 Å². The highest BCUT2D eigenvalue weighted by Gasteiger charge is 2.07. The number of aromatic carboxylic acids is 2. The van der Waals surface area contributed by atoms with Gasteiger partial charge in [-0.25, -0.2) is 9.59 Å². The molecule has 150 valence electrons. The van der Waals surface area contributed by atoms with Gasteiger partial charge in [0.2, 0.25) is 0 Å². The van der Waals surface area contributed by atoms with E-state index in [2.05, 4.69) is 0 Å². The Labute approximate surface area is 168 Å². The number of carbonyl (C=O) groups is 2. The maximum atomic E-state index is 10.9. The minimum Gasteiger partial charge on any atom is -0.508 e. The van der Waals surface area contributed by atoms with E-state index in [0.29, 0.717) is 29.0 Å². The van der Waals surface area contributed by atoms with E-state index in [1.807, 2.05) is 30.3 Å². The molecule has 3 rings (SSSR count). The first-order chi connectivity index (χ1) is 13.8. The van der Waals surface area contributed by atoms with E-state index in [0.717, 1.165) is 5.56 Å². The van der Waals surface area contributed by atoms with E-state index in [4.69, 9.17) is 20.1 Å². The van der Waals surface area contributed by atoms with Crippen LogP contribution in [0, 0.1) is 13.8 Å². The van der Waals surface area contributed by atoms with E-state index >= 15 is 0 Å². The Morgan fingerprint density at radius 3 is 1.86 bits per heavy atom. The van der Waals surface area contributed by atoms with E-state index in [-0.39, 0.29) is 11.3 Å². The predicted octanol–water partition coefficient (Wildman–Crippen LogP) is 4.67. The van der Waals surface area contributed by atoms with Gasteiger partial charge in [0.15, 0.2) is 0 Å². The topological polar surface area (TPSA) is 104 Å². The van der Waals surface area contributed by atoms with Crippen molar-refractivity contribution in [3.63, 3.8) is 0 Å². The first-order valence-electron chi connectivity index (χ1n) is 8.81. The average Bonchev–Trinajstić information content (AvgIpc) is 2.67. The SMILES string of the molecule is Cc1cc(O)ccc1C(=O)O.Cc1cc(OCc2ccccc2)ccc1C(=O)O. The zero-order valence-electron chi connectivity index (χ0n) is 16.1. The number of aromatic hydroxyl groups is 1. The first kappa shape index (κ1) is 21.5. The Hall–Kier alpha value is -3.80. The molecule has 0 aromatic heterocycles. The lowest BCUT2D eigenvalue weighted by Gasteiger charge is -2.08. The Kier molecular flexibility index (Phi) is 7.37. The van der Waals surface area contributed by atoms with Crippen LogP contribution in [0.3, 0.4) is 0 Å². The number of carboxylic acid groups (broad SMARTS) is 2. The first-order valence-corrected chi connectivity index (χ1v) is 8.81. The van der Waals surface area contributed by atoms with Crippen molar-refractivity contribution >= 4 is 11.9 Å². The predicted molar refractivity (Wildman–Crippen MR) is 109 cm³/mol. The molecule has 0 aliphatic heterocycles. The van der Waals surface area contributed by atoms with Crippen molar-refractivity contribution in [2.75, 3.05) is 0 Å². The lowest BCUT2D eigenvalue weighted by molar-refractivity contribution is 0.0685. The molecule has 6 heteroatoms. The number of hydrogen-bond donors (Lipinski definition) is 3. The van der Waals surface area contributed by atoms with Gasteiger partial charge in [-0.05, 0) is 66.9 Å². The molecule has 0 spiro atoms. The van der Waals surface area contributed by atoms with Gasteiger partial charge in [-0.1, -0.05) is 30.3 Å². The van der Waals surface area contributed by atoms with Crippen molar-refractivity contribution in [1.82, 2.24) is 0 Å². The molecule has 0 heterocycles.